The van der Waals surface area contributed by atoms with Gasteiger partial charge in [-0.2, -0.15) is 0 Å². The van der Waals surface area contributed by atoms with E-state index in [9.17, 15) is 4.79 Å². The molecule has 1 atom stereocenters. The summed E-state index contributed by atoms with van der Waals surface area (Å²) < 4.78 is 2.01. The normalized spacial score (nSPS) is 12.0. The molecule has 0 radical (unpaired) electrons. The fourth-order valence-corrected chi connectivity index (χ4v) is 4.48. The molecule has 0 fully saturated rings. The number of carbonyl (C=O) groups excluding carboxylic acids is 1. The summed E-state index contributed by atoms with van der Waals surface area (Å²) >= 11 is 7.55. The van der Waals surface area contributed by atoms with E-state index in [4.69, 9.17) is 11.6 Å². The molecule has 0 saturated heterocycles. The lowest BCUT2D eigenvalue weighted by Crippen LogP contribution is -2.23. The second-order valence-corrected chi connectivity index (χ2v) is 9.54. The Labute approximate surface area is 202 Å². The quantitative estimate of drug-likeness (QED) is 0.319. The van der Waals surface area contributed by atoms with Crippen LogP contribution in [0.2, 0.25) is 5.02 Å². The van der Waals surface area contributed by atoms with Crippen molar-refractivity contribution in [3.05, 3.63) is 83.6 Å². The first-order chi connectivity index (χ1) is 16.0. The van der Waals surface area contributed by atoms with Gasteiger partial charge in [0, 0.05) is 18.0 Å². The van der Waals surface area contributed by atoms with Crippen LogP contribution in [0.25, 0.3) is 17.1 Å². The number of anilines is 1. The molecule has 33 heavy (non-hydrogen) atoms. The molecule has 0 aliphatic heterocycles. The Morgan fingerprint density at radius 1 is 1.00 bits per heavy atom. The number of amides is 1. The van der Waals surface area contributed by atoms with E-state index < -0.39 is 5.25 Å². The number of aromatic nitrogens is 4. The smallest absolute Gasteiger partial charge is 0.237 e. The molecule has 0 aliphatic carbocycles. The van der Waals surface area contributed by atoms with Crippen molar-refractivity contribution < 1.29 is 4.79 Å². The minimum absolute atomic E-state index is 0.164. The molecular formula is C25H24ClN5OS. The monoisotopic (exact) mass is 477 g/mol. The van der Waals surface area contributed by atoms with Gasteiger partial charge in [0.05, 0.1) is 21.6 Å². The van der Waals surface area contributed by atoms with E-state index in [0.29, 0.717) is 27.6 Å². The second-order valence-electron chi connectivity index (χ2n) is 7.83. The van der Waals surface area contributed by atoms with Crippen molar-refractivity contribution in [3.8, 4) is 17.1 Å². The molecule has 1 N–H and O–H groups in total. The lowest BCUT2D eigenvalue weighted by Gasteiger charge is -2.18. The Morgan fingerprint density at radius 2 is 1.76 bits per heavy atom. The van der Waals surface area contributed by atoms with Crippen LogP contribution in [0.1, 0.15) is 32.3 Å². The number of rotatable bonds is 7. The average Bonchev–Trinajstić information content (AvgIpc) is 3.24. The van der Waals surface area contributed by atoms with Crippen LogP contribution in [-0.4, -0.2) is 30.9 Å². The Morgan fingerprint density at radius 3 is 2.48 bits per heavy atom. The highest BCUT2D eigenvalue weighted by molar-refractivity contribution is 8.00. The topological polar surface area (TPSA) is 72.7 Å². The van der Waals surface area contributed by atoms with E-state index in [1.54, 1.807) is 24.5 Å². The number of thioether (sulfide) groups is 1. The van der Waals surface area contributed by atoms with Gasteiger partial charge in [-0.05, 0) is 48.7 Å². The molecule has 2 heterocycles. The van der Waals surface area contributed by atoms with Crippen molar-refractivity contribution in [3.63, 3.8) is 0 Å². The molecule has 1 amide bonds. The number of nitrogens with one attached hydrogen (secondary N) is 1. The molecule has 1 unspecified atom stereocenters. The Balaban J connectivity index is 1.71. The van der Waals surface area contributed by atoms with Crippen LogP contribution in [0.4, 0.5) is 5.69 Å². The number of para-hydroxylation sites is 2. The second kappa shape index (κ2) is 10.2. The standard InChI is InChI=1S/C25H24ClN5OS/c1-16(2)19-10-4-7-13-22(19)31-23(18-9-8-14-27-15-18)29-30-25(31)33-17(3)24(32)28-21-12-6-5-11-20(21)26/h4-17H,1-3H3,(H,28,32). The van der Waals surface area contributed by atoms with Crippen molar-refractivity contribution in [2.45, 2.75) is 37.1 Å². The fourth-order valence-electron chi connectivity index (χ4n) is 3.43. The Kier molecular flexibility index (Phi) is 7.11. The minimum Gasteiger partial charge on any atom is -0.324 e. The first kappa shape index (κ1) is 23.0. The molecule has 0 spiro atoms. The first-order valence-corrected chi connectivity index (χ1v) is 11.9. The highest BCUT2D eigenvalue weighted by Crippen LogP contribution is 2.33. The van der Waals surface area contributed by atoms with Crippen LogP contribution < -0.4 is 5.32 Å². The molecule has 2 aromatic carbocycles. The van der Waals surface area contributed by atoms with Gasteiger partial charge in [-0.1, -0.05) is 67.5 Å². The Hall–Kier alpha value is -3.16. The lowest BCUT2D eigenvalue weighted by molar-refractivity contribution is -0.115. The molecule has 8 heteroatoms. The van der Waals surface area contributed by atoms with Crippen molar-refractivity contribution in [2.24, 2.45) is 0 Å². The third-order valence-electron chi connectivity index (χ3n) is 5.14. The summed E-state index contributed by atoms with van der Waals surface area (Å²) in [6.45, 7) is 6.15. The van der Waals surface area contributed by atoms with Gasteiger partial charge in [-0.15, -0.1) is 10.2 Å². The molecule has 6 nitrogen and oxygen atoms in total. The summed E-state index contributed by atoms with van der Waals surface area (Å²) in [5, 5.41) is 12.5. The van der Waals surface area contributed by atoms with Crippen molar-refractivity contribution in [1.29, 1.82) is 0 Å². The van der Waals surface area contributed by atoms with Crippen molar-refractivity contribution in [1.82, 2.24) is 19.7 Å². The average molecular weight is 478 g/mol. The molecule has 0 saturated carbocycles. The highest BCUT2D eigenvalue weighted by Gasteiger charge is 2.24. The number of carbonyl (C=O) groups is 1. The van der Waals surface area contributed by atoms with Crippen molar-refractivity contribution in [2.75, 3.05) is 5.32 Å². The van der Waals surface area contributed by atoms with E-state index in [0.717, 1.165) is 16.8 Å². The van der Waals surface area contributed by atoms with Gasteiger partial charge < -0.3 is 5.32 Å². The summed E-state index contributed by atoms with van der Waals surface area (Å²) in [6, 6.07) is 19.2. The maximum absolute atomic E-state index is 12.9. The van der Waals surface area contributed by atoms with Crippen LogP contribution in [0, 0.1) is 0 Å². The van der Waals surface area contributed by atoms with Gasteiger partial charge in [-0.3, -0.25) is 14.3 Å². The van der Waals surface area contributed by atoms with Gasteiger partial charge in [0.25, 0.3) is 0 Å². The van der Waals surface area contributed by atoms with Crippen LogP contribution in [0.5, 0.6) is 0 Å². The summed E-state index contributed by atoms with van der Waals surface area (Å²) in [5.74, 6) is 0.810. The van der Waals surface area contributed by atoms with E-state index >= 15 is 0 Å². The summed E-state index contributed by atoms with van der Waals surface area (Å²) in [4.78, 5) is 17.2. The zero-order chi connectivity index (χ0) is 23.4. The van der Waals surface area contributed by atoms with Crippen LogP contribution in [0.15, 0.2) is 78.2 Å². The number of hydrogen-bond acceptors (Lipinski definition) is 5. The lowest BCUT2D eigenvalue weighted by atomic mass is 10.0. The van der Waals surface area contributed by atoms with E-state index in [-0.39, 0.29) is 5.91 Å². The SMILES string of the molecule is CC(Sc1nnc(-c2cccnc2)n1-c1ccccc1C(C)C)C(=O)Nc1ccccc1Cl. The largest absolute Gasteiger partial charge is 0.324 e. The van der Waals surface area contributed by atoms with Crippen LogP contribution >= 0.6 is 23.4 Å². The van der Waals surface area contributed by atoms with Gasteiger partial charge in [0.1, 0.15) is 0 Å². The maximum Gasteiger partial charge on any atom is 0.237 e. The zero-order valence-electron chi connectivity index (χ0n) is 18.6. The first-order valence-electron chi connectivity index (χ1n) is 10.6. The van der Waals surface area contributed by atoms with E-state index in [1.165, 1.54) is 11.8 Å². The maximum atomic E-state index is 12.9. The van der Waals surface area contributed by atoms with Crippen LogP contribution in [0.3, 0.4) is 0 Å². The van der Waals surface area contributed by atoms with Gasteiger partial charge >= 0.3 is 0 Å². The predicted molar refractivity (Wildman–Crippen MR) is 134 cm³/mol. The third kappa shape index (κ3) is 5.10. The van der Waals surface area contributed by atoms with Gasteiger partial charge in [-0.25, -0.2) is 0 Å². The summed E-state index contributed by atoms with van der Waals surface area (Å²) in [7, 11) is 0. The fraction of sp³-hybridized carbons (Fsp3) is 0.200. The minimum atomic E-state index is -0.433. The molecule has 4 aromatic rings. The molecule has 168 valence electrons. The molecule has 2 aromatic heterocycles. The van der Waals surface area contributed by atoms with Gasteiger partial charge in [0.2, 0.25) is 5.91 Å². The Bertz CT molecular complexity index is 1260. The van der Waals surface area contributed by atoms with E-state index in [1.807, 2.05) is 47.9 Å². The third-order valence-corrected chi connectivity index (χ3v) is 6.51. The number of pyridine rings is 1. The van der Waals surface area contributed by atoms with Crippen LogP contribution in [-0.2, 0) is 4.79 Å². The zero-order valence-corrected chi connectivity index (χ0v) is 20.1. The van der Waals surface area contributed by atoms with Gasteiger partial charge in [0.15, 0.2) is 11.0 Å². The number of halogens is 1. The predicted octanol–water partition coefficient (Wildman–Crippen LogP) is 6.23. The molecular weight excluding hydrogens is 454 g/mol. The number of nitrogens with zero attached hydrogens (tertiary/aromatic N) is 4. The number of benzene rings is 2. The number of hydrogen-bond donors (Lipinski definition) is 1. The molecule has 4 rings (SSSR count). The molecule has 0 bridgehead atoms. The summed E-state index contributed by atoms with van der Waals surface area (Å²) in [5.41, 5.74) is 3.58. The highest BCUT2D eigenvalue weighted by atomic mass is 35.5. The molecule has 0 aliphatic rings. The van der Waals surface area contributed by atoms with E-state index in [2.05, 4.69) is 46.5 Å². The summed E-state index contributed by atoms with van der Waals surface area (Å²) in [6.07, 6.45) is 3.49. The van der Waals surface area contributed by atoms with Crippen molar-refractivity contribution >= 4 is 35.0 Å².